The van der Waals surface area contributed by atoms with Gasteiger partial charge in [-0.25, -0.2) is 0 Å². The molecule has 0 bridgehead atoms. The summed E-state index contributed by atoms with van der Waals surface area (Å²) < 4.78 is 6.10. The number of hydrogen-bond acceptors (Lipinski definition) is 4. The van der Waals surface area contributed by atoms with Crippen molar-refractivity contribution in [1.29, 1.82) is 0 Å². The lowest BCUT2D eigenvalue weighted by Crippen LogP contribution is -2.51. The molecule has 2 amide bonds. The molecule has 3 rings (SSSR count). The lowest BCUT2D eigenvalue weighted by molar-refractivity contribution is -0.130. The second-order valence-electron chi connectivity index (χ2n) is 6.26. The quantitative estimate of drug-likeness (QED) is 0.789. The number of halogens is 1. The maximum Gasteiger partial charge on any atom is 0.251 e. The summed E-state index contributed by atoms with van der Waals surface area (Å²) in [4.78, 5) is 28.6. The van der Waals surface area contributed by atoms with Crippen LogP contribution in [-0.4, -0.2) is 56.5 Å². The number of rotatable bonds is 5. The Morgan fingerprint density at radius 2 is 1.81 bits per heavy atom. The van der Waals surface area contributed by atoms with E-state index < -0.39 is 0 Å². The van der Waals surface area contributed by atoms with Gasteiger partial charge in [-0.15, -0.1) is 0 Å². The van der Waals surface area contributed by atoms with Gasteiger partial charge in [-0.2, -0.15) is 0 Å². The van der Waals surface area contributed by atoms with Crippen molar-refractivity contribution in [3.63, 3.8) is 0 Å². The SMILES string of the molecule is COc1cccc(N2CCN(C(=O)CNC(=O)c3cccc(Br)c3)CC2)c1. The molecule has 2 aromatic rings. The van der Waals surface area contributed by atoms with E-state index in [0.29, 0.717) is 18.7 Å². The number of carbonyl (C=O) groups excluding carboxylic acids is 2. The molecule has 2 aromatic carbocycles. The first-order valence-electron chi connectivity index (χ1n) is 8.77. The highest BCUT2D eigenvalue weighted by molar-refractivity contribution is 9.10. The van der Waals surface area contributed by atoms with Crippen LogP contribution in [0.3, 0.4) is 0 Å². The fourth-order valence-electron chi connectivity index (χ4n) is 3.02. The van der Waals surface area contributed by atoms with E-state index in [-0.39, 0.29) is 18.4 Å². The number of carbonyl (C=O) groups is 2. The Kier molecular flexibility index (Phi) is 6.34. The van der Waals surface area contributed by atoms with Crippen molar-refractivity contribution in [2.24, 2.45) is 0 Å². The minimum absolute atomic E-state index is 0.00447. The van der Waals surface area contributed by atoms with Crippen LogP contribution in [0.1, 0.15) is 10.4 Å². The summed E-state index contributed by atoms with van der Waals surface area (Å²) in [6.45, 7) is 2.76. The van der Waals surface area contributed by atoms with E-state index in [1.165, 1.54) is 0 Å². The Bertz CT molecular complexity index is 820. The summed E-state index contributed by atoms with van der Waals surface area (Å²) in [5.74, 6) is 0.504. The third-order valence-corrected chi connectivity index (χ3v) is 5.03. The molecule has 1 N–H and O–H groups in total. The molecule has 27 heavy (non-hydrogen) atoms. The summed E-state index contributed by atoms with van der Waals surface area (Å²) in [7, 11) is 1.65. The monoisotopic (exact) mass is 431 g/mol. The molecule has 1 fully saturated rings. The highest BCUT2D eigenvalue weighted by Crippen LogP contribution is 2.22. The predicted molar refractivity (Wildman–Crippen MR) is 108 cm³/mol. The molecule has 0 aromatic heterocycles. The van der Waals surface area contributed by atoms with Crippen molar-refractivity contribution < 1.29 is 14.3 Å². The van der Waals surface area contributed by atoms with Gasteiger partial charge < -0.3 is 19.9 Å². The minimum Gasteiger partial charge on any atom is -0.497 e. The van der Waals surface area contributed by atoms with Crippen molar-refractivity contribution >= 4 is 33.4 Å². The van der Waals surface area contributed by atoms with Crippen LogP contribution in [0.2, 0.25) is 0 Å². The number of nitrogens with zero attached hydrogens (tertiary/aromatic N) is 2. The second-order valence-corrected chi connectivity index (χ2v) is 7.18. The molecule has 6 nitrogen and oxygen atoms in total. The predicted octanol–water partition coefficient (Wildman–Crippen LogP) is 2.54. The second kappa shape index (κ2) is 8.90. The van der Waals surface area contributed by atoms with E-state index in [2.05, 4.69) is 26.1 Å². The molecule has 0 unspecified atom stereocenters. The largest absolute Gasteiger partial charge is 0.497 e. The van der Waals surface area contributed by atoms with Crippen LogP contribution in [-0.2, 0) is 4.79 Å². The molecule has 0 atom stereocenters. The number of nitrogens with one attached hydrogen (secondary N) is 1. The maximum atomic E-state index is 12.4. The van der Waals surface area contributed by atoms with Crippen molar-refractivity contribution in [2.75, 3.05) is 44.7 Å². The first-order valence-corrected chi connectivity index (χ1v) is 9.56. The average Bonchev–Trinajstić information content (AvgIpc) is 2.72. The number of methoxy groups -OCH3 is 1. The van der Waals surface area contributed by atoms with Gasteiger partial charge in [0.15, 0.2) is 0 Å². The number of anilines is 1. The van der Waals surface area contributed by atoms with E-state index in [9.17, 15) is 9.59 Å². The number of piperazine rings is 1. The molecular weight excluding hydrogens is 410 g/mol. The molecule has 0 aliphatic carbocycles. The fourth-order valence-corrected chi connectivity index (χ4v) is 3.42. The van der Waals surface area contributed by atoms with E-state index >= 15 is 0 Å². The minimum atomic E-state index is -0.250. The topological polar surface area (TPSA) is 61.9 Å². The summed E-state index contributed by atoms with van der Waals surface area (Å²) in [5.41, 5.74) is 1.62. The molecule has 1 aliphatic heterocycles. The van der Waals surface area contributed by atoms with Crippen LogP contribution in [0.4, 0.5) is 5.69 Å². The Hall–Kier alpha value is -2.54. The van der Waals surface area contributed by atoms with Crippen LogP contribution in [0.25, 0.3) is 0 Å². The first-order chi connectivity index (χ1) is 13.1. The smallest absolute Gasteiger partial charge is 0.251 e. The Morgan fingerprint density at radius 1 is 1.07 bits per heavy atom. The van der Waals surface area contributed by atoms with Crippen molar-refractivity contribution in [3.05, 3.63) is 58.6 Å². The molecule has 1 aliphatic rings. The summed E-state index contributed by atoms with van der Waals surface area (Å²) in [5, 5.41) is 2.70. The zero-order valence-corrected chi connectivity index (χ0v) is 16.7. The van der Waals surface area contributed by atoms with Crippen molar-refractivity contribution in [3.8, 4) is 5.75 Å². The molecule has 7 heteroatoms. The molecule has 0 spiro atoms. The molecule has 1 heterocycles. The molecule has 0 saturated carbocycles. The van der Waals surface area contributed by atoms with Gasteiger partial charge >= 0.3 is 0 Å². The normalized spacial score (nSPS) is 14.0. The molecule has 142 valence electrons. The number of benzene rings is 2. The van der Waals surface area contributed by atoms with Crippen LogP contribution in [0.5, 0.6) is 5.75 Å². The van der Waals surface area contributed by atoms with Gasteiger partial charge in [0.1, 0.15) is 5.75 Å². The van der Waals surface area contributed by atoms with Crippen molar-refractivity contribution in [2.45, 2.75) is 0 Å². The van der Waals surface area contributed by atoms with Gasteiger partial charge in [-0.05, 0) is 30.3 Å². The van der Waals surface area contributed by atoms with Crippen LogP contribution in [0, 0.1) is 0 Å². The third-order valence-electron chi connectivity index (χ3n) is 4.54. The van der Waals surface area contributed by atoms with E-state index in [1.54, 1.807) is 30.2 Å². The Labute approximate surface area is 167 Å². The molecule has 1 saturated heterocycles. The van der Waals surface area contributed by atoms with Crippen LogP contribution in [0.15, 0.2) is 53.0 Å². The molecular formula is C20H22BrN3O3. The highest BCUT2D eigenvalue weighted by Gasteiger charge is 2.22. The van der Waals surface area contributed by atoms with Crippen molar-refractivity contribution in [1.82, 2.24) is 10.2 Å². The highest BCUT2D eigenvalue weighted by atomic mass is 79.9. The van der Waals surface area contributed by atoms with Gasteiger partial charge in [0.2, 0.25) is 5.91 Å². The third kappa shape index (κ3) is 5.01. The summed E-state index contributed by atoms with van der Waals surface area (Å²) in [6, 6.07) is 15.0. The standard InChI is InChI=1S/C20H22BrN3O3/c1-27-18-7-3-6-17(13-18)23-8-10-24(11-9-23)19(25)14-22-20(26)15-4-2-5-16(21)12-15/h2-7,12-13H,8-11,14H2,1H3,(H,22,26). The Balaban J connectivity index is 1.49. The Morgan fingerprint density at radius 3 is 2.52 bits per heavy atom. The number of ether oxygens (including phenoxy) is 1. The molecule has 0 radical (unpaired) electrons. The lowest BCUT2D eigenvalue weighted by atomic mass is 10.2. The first kappa shape index (κ1) is 19.2. The van der Waals surface area contributed by atoms with E-state index in [4.69, 9.17) is 4.74 Å². The van der Waals surface area contributed by atoms with E-state index in [0.717, 1.165) is 29.0 Å². The summed E-state index contributed by atoms with van der Waals surface area (Å²) in [6.07, 6.45) is 0. The lowest BCUT2D eigenvalue weighted by Gasteiger charge is -2.36. The van der Waals surface area contributed by atoms with E-state index in [1.807, 2.05) is 30.3 Å². The van der Waals surface area contributed by atoms with Crippen LogP contribution < -0.4 is 15.0 Å². The maximum absolute atomic E-state index is 12.4. The van der Waals surface area contributed by atoms with Crippen LogP contribution >= 0.6 is 15.9 Å². The number of hydrogen-bond donors (Lipinski definition) is 1. The van der Waals surface area contributed by atoms with Gasteiger partial charge in [0.05, 0.1) is 13.7 Å². The average molecular weight is 432 g/mol. The zero-order valence-electron chi connectivity index (χ0n) is 15.2. The summed E-state index contributed by atoms with van der Waals surface area (Å²) >= 11 is 3.34. The van der Waals surface area contributed by atoms with Gasteiger partial charge in [-0.1, -0.05) is 28.1 Å². The van der Waals surface area contributed by atoms with Gasteiger partial charge in [0.25, 0.3) is 5.91 Å². The zero-order chi connectivity index (χ0) is 19.2. The van der Waals surface area contributed by atoms with Gasteiger partial charge in [0, 0.05) is 48.0 Å². The number of amides is 2. The fraction of sp³-hybridized carbons (Fsp3) is 0.300. The van der Waals surface area contributed by atoms with Gasteiger partial charge in [-0.3, -0.25) is 9.59 Å².